The number of nitrogens with one attached hydrogen (secondary N) is 3. The minimum atomic E-state index is -3.71. The van der Waals surface area contributed by atoms with Crippen LogP contribution in [0.1, 0.15) is 5.56 Å². The van der Waals surface area contributed by atoms with Crippen LogP contribution in [0.5, 0.6) is 0 Å². The summed E-state index contributed by atoms with van der Waals surface area (Å²) in [5.74, 6) is 0. The maximum atomic E-state index is 12.2. The number of anilines is 2. The number of amides is 2. The van der Waals surface area contributed by atoms with Gasteiger partial charge in [0.25, 0.3) is 10.0 Å². The molecule has 2 aromatic carbocycles. The van der Waals surface area contributed by atoms with Crippen molar-refractivity contribution in [3.8, 4) is 0 Å². The van der Waals surface area contributed by atoms with E-state index in [1.165, 1.54) is 41.8 Å². The molecule has 1 heterocycles. The van der Waals surface area contributed by atoms with Gasteiger partial charge in [-0.05, 0) is 29.8 Å². The smallest absolute Gasteiger partial charge is 0.319 e. The van der Waals surface area contributed by atoms with Gasteiger partial charge < -0.3 is 10.6 Å². The quantitative estimate of drug-likeness (QED) is 0.603. The van der Waals surface area contributed by atoms with Crippen LogP contribution < -0.4 is 15.4 Å². The maximum Gasteiger partial charge on any atom is 0.319 e. The molecular formula is C17H16N4O3S2. The van der Waals surface area contributed by atoms with Crippen molar-refractivity contribution in [2.75, 3.05) is 10.0 Å². The highest BCUT2D eigenvalue weighted by Gasteiger charge is 2.15. The average molecular weight is 388 g/mol. The predicted octanol–water partition coefficient (Wildman–Crippen LogP) is 3.27. The van der Waals surface area contributed by atoms with E-state index in [1.54, 1.807) is 5.38 Å². The topological polar surface area (TPSA) is 100 Å². The Labute approximate surface area is 155 Å². The van der Waals surface area contributed by atoms with Crippen molar-refractivity contribution in [2.24, 2.45) is 0 Å². The highest BCUT2D eigenvalue weighted by atomic mass is 32.2. The third-order valence-corrected chi connectivity index (χ3v) is 5.54. The predicted molar refractivity (Wildman–Crippen MR) is 102 cm³/mol. The van der Waals surface area contributed by atoms with Gasteiger partial charge in [0.1, 0.15) is 0 Å². The van der Waals surface area contributed by atoms with Gasteiger partial charge in [0.2, 0.25) is 0 Å². The van der Waals surface area contributed by atoms with Crippen molar-refractivity contribution in [1.29, 1.82) is 0 Å². The molecule has 26 heavy (non-hydrogen) atoms. The summed E-state index contributed by atoms with van der Waals surface area (Å²) >= 11 is 1.19. The standard InChI is InChI=1S/C17H16N4O3S2/c22-16(19-12-13-4-2-1-3-5-13)20-14-6-8-15(9-7-14)26(23,24)21-17-18-10-11-25-17/h1-11H,12H2,(H,18,21)(H2,19,20,22). The number of thiazole rings is 1. The third-order valence-electron chi connectivity index (χ3n) is 3.37. The Bertz CT molecular complexity index is 957. The Balaban J connectivity index is 1.58. The SMILES string of the molecule is O=C(NCc1ccccc1)Nc1ccc(S(=O)(=O)Nc2nccs2)cc1. The van der Waals surface area contributed by atoms with E-state index < -0.39 is 10.0 Å². The van der Waals surface area contributed by atoms with Crippen LogP contribution in [-0.2, 0) is 16.6 Å². The Morgan fingerprint density at radius 1 is 1.04 bits per heavy atom. The van der Waals surface area contributed by atoms with E-state index >= 15 is 0 Å². The summed E-state index contributed by atoms with van der Waals surface area (Å²) in [5.41, 5.74) is 1.47. The Kier molecular flexibility index (Phi) is 5.49. The summed E-state index contributed by atoms with van der Waals surface area (Å²) in [6.45, 7) is 0.400. The first-order valence-corrected chi connectivity index (χ1v) is 10.0. The molecule has 134 valence electrons. The second-order valence-corrected chi connectivity index (χ2v) is 7.84. The lowest BCUT2D eigenvalue weighted by atomic mass is 10.2. The number of carbonyl (C=O) groups is 1. The number of aromatic nitrogens is 1. The number of rotatable bonds is 6. The van der Waals surface area contributed by atoms with Gasteiger partial charge in [-0.3, -0.25) is 4.72 Å². The Morgan fingerprint density at radius 2 is 1.77 bits per heavy atom. The largest absolute Gasteiger partial charge is 0.334 e. The molecule has 0 fully saturated rings. The second kappa shape index (κ2) is 7.98. The van der Waals surface area contributed by atoms with Crippen LogP contribution in [0, 0.1) is 0 Å². The first-order chi connectivity index (χ1) is 12.5. The van der Waals surface area contributed by atoms with E-state index in [4.69, 9.17) is 0 Å². The van der Waals surface area contributed by atoms with E-state index in [0.717, 1.165) is 5.56 Å². The number of urea groups is 1. The van der Waals surface area contributed by atoms with Gasteiger partial charge in [-0.1, -0.05) is 30.3 Å². The molecular weight excluding hydrogens is 372 g/mol. The maximum absolute atomic E-state index is 12.2. The van der Waals surface area contributed by atoms with Gasteiger partial charge >= 0.3 is 6.03 Å². The molecule has 3 aromatic rings. The molecule has 9 heteroatoms. The lowest BCUT2D eigenvalue weighted by molar-refractivity contribution is 0.251. The van der Waals surface area contributed by atoms with Crippen LogP contribution in [0.15, 0.2) is 71.1 Å². The molecule has 0 saturated carbocycles. The fraction of sp³-hybridized carbons (Fsp3) is 0.0588. The lowest BCUT2D eigenvalue weighted by Gasteiger charge is -2.09. The Morgan fingerprint density at radius 3 is 2.42 bits per heavy atom. The van der Waals surface area contributed by atoms with Crippen LogP contribution in [0.4, 0.5) is 15.6 Å². The first kappa shape index (κ1) is 17.9. The fourth-order valence-electron chi connectivity index (χ4n) is 2.12. The zero-order valence-corrected chi connectivity index (χ0v) is 15.2. The summed E-state index contributed by atoms with van der Waals surface area (Å²) in [6, 6.07) is 15.0. The van der Waals surface area contributed by atoms with Crippen molar-refractivity contribution < 1.29 is 13.2 Å². The van der Waals surface area contributed by atoms with Gasteiger partial charge in [-0.15, -0.1) is 11.3 Å². The van der Waals surface area contributed by atoms with Gasteiger partial charge in [-0.2, -0.15) is 0 Å². The van der Waals surface area contributed by atoms with Gasteiger partial charge in [-0.25, -0.2) is 18.2 Å². The molecule has 0 radical (unpaired) electrons. The molecule has 0 bridgehead atoms. The van der Waals surface area contributed by atoms with Gasteiger partial charge in [0, 0.05) is 23.8 Å². The summed E-state index contributed by atoms with van der Waals surface area (Å²) in [5, 5.41) is 7.37. The third kappa shape index (κ3) is 4.80. The van der Waals surface area contributed by atoms with Crippen molar-refractivity contribution in [2.45, 2.75) is 11.4 Å². The number of hydrogen-bond donors (Lipinski definition) is 3. The molecule has 0 unspecified atom stereocenters. The normalized spacial score (nSPS) is 10.9. The lowest BCUT2D eigenvalue weighted by Crippen LogP contribution is -2.28. The molecule has 0 aliphatic carbocycles. The average Bonchev–Trinajstić information content (AvgIpc) is 3.14. The molecule has 1 aromatic heterocycles. The molecule has 0 spiro atoms. The van der Waals surface area contributed by atoms with E-state index in [-0.39, 0.29) is 10.9 Å². The van der Waals surface area contributed by atoms with Gasteiger partial charge in [0.15, 0.2) is 5.13 Å². The zero-order chi connectivity index (χ0) is 18.4. The van der Waals surface area contributed by atoms with Crippen molar-refractivity contribution in [3.63, 3.8) is 0 Å². The molecule has 0 aliphatic rings. The van der Waals surface area contributed by atoms with Crippen molar-refractivity contribution in [1.82, 2.24) is 10.3 Å². The number of carbonyl (C=O) groups excluding carboxylic acids is 1. The molecule has 3 N–H and O–H groups in total. The summed E-state index contributed by atoms with van der Waals surface area (Å²) < 4.78 is 26.9. The van der Waals surface area contributed by atoms with Crippen molar-refractivity contribution in [3.05, 3.63) is 71.7 Å². The van der Waals surface area contributed by atoms with Crippen LogP contribution in [0.2, 0.25) is 0 Å². The number of nitrogens with zero attached hydrogens (tertiary/aromatic N) is 1. The monoisotopic (exact) mass is 388 g/mol. The highest BCUT2D eigenvalue weighted by Crippen LogP contribution is 2.19. The first-order valence-electron chi connectivity index (χ1n) is 7.64. The van der Waals surface area contributed by atoms with Crippen LogP contribution in [0.3, 0.4) is 0 Å². The van der Waals surface area contributed by atoms with Crippen LogP contribution in [-0.4, -0.2) is 19.4 Å². The number of sulfonamides is 1. The van der Waals surface area contributed by atoms with Gasteiger partial charge in [0.05, 0.1) is 4.90 Å². The minimum absolute atomic E-state index is 0.0861. The second-order valence-electron chi connectivity index (χ2n) is 5.26. The number of benzene rings is 2. The van der Waals surface area contributed by atoms with Crippen LogP contribution in [0.25, 0.3) is 0 Å². The van der Waals surface area contributed by atoms with E-state index in [9.17, 15) is 13.2 Å². The minimum Gasteiger partial charge on any atom is -0.334 e. The molecule has 2 amide bonds. The van der Waals surface area contributed by atoms with E-state index in [1.807, 2.05) is 30.3 Å². The fourth-order valence-corrected chi connectivity index (χ4v) is 3.91. The Hall–Kier alpha value is -2.91. The van der Waals surface area contributed by atoms with E-state index in [0.29, 0.717) is 17.4 Å². The summed E-state index contributed by atoms with van der Waals surface area (Å²) in [6.07, 6.45) is 1.52. The number of hydrogen-bond acceptors (Lipinski definition) is 5. The zero-order valence-electron chi connectivity index (χ0n) is 13.5. The molecule has 3 rings (SSSR count). The molecule has 0 aliphatic heterocycles. The molecule has 0 saturated heterocycles. The molecule has 7 nitrogen and oxygen atoms in total. The molecule has 0 atom stereocenters. The summed E-state index contributed by atoms with van der Waals surface area (Å²) in [4.78, 5) is 15.9. The van der Waals surface area contributed by atoms with Crippen molar-refractivity contribution >= 4 is 38.2 Å². The highest BCUT2D eigenvalue weighted by molar-refractivity contribution is 7.93. The van der Waals surface area contributed by atoms with E-state index in [2.05, 4.69) is 20.3 Å². The van der Waals surface area contributed by atoms with Crippen LogP contribution >= 0.6 is 11.3 Å². The summed E-state index contributed by atoms with van der Waals surface area (Å²) in [7, 11) is -3.71.